The number of alkyl halides is 5. The minimum Gasteiger partial charge on any atom is -0.246 e. The largest absolute Gasteiger partial charge is 0.246 e. The van der Waals surface area contributed by atoms with Crippen LogP contribution >= 0.6 is 58.0 Å². The molecule has 8 heteroatoms. The van der Waals surface area contributed by atoms with Gasteiger partial charge in [0.15, 0.2) is 0 Å². The molecular weight excluding hydrogens is 351 g/mol. The summed E-state index contributed by atoms with van der Waals surface area (Å²) < 4.78 is -1.90. The molecule has 0 aromatic carbocycles. The lowest BCUT2D eigenvalue weighted by atomic mass is 10.1. The van der Waals surface area contributed by atoms with Crippen molar-refractivity contribution in [1.82, 2.24) is 15.0 Å². The fourth-order valence-electron chi connectivity index (χ4n) is 1.70. The number of aromatic nitrogens is 3. The molecule has 1 rings (SSSR count). The van der Waals surface area contributed by atoms with Crippen molar-refractivity contribution in [3.63, 3.8) is 0 Å². The molecule has 0 radical (unpaired) electrons. The lowest BCUT2D eigenvalue weighted by Crippen LogP contribution is -2.32. The molecule has 0 spiro atoms. The van der Waals surface area contributed by atoms with Crippen LogP contribution in [0.2, 0.25) is 0 Å². The topological polar surface area (TPSA) is 30.7 Å². The highest BCUT2D eigenvalue weighted by Gasteiger charge is 2.51. The van der Waals surface area contributed by atoms with Gasteiger partial charge in [-0.25, -0.2) is 4.68 Å². The first-order chi connectivity index (χ1) is 8.75. The average molecular weight is 368 g/mol. The Morgan fingerprint density at radius 3 is 2.16 bits per heavy atom. The Labute approximate surface area is 138 Å². The maximum absolute atomic E-state index is 6.27. The molecule has 1 aromatic heterocycles. The normalized spacial score (nSPS) is 13.0. The van der Waals surface area contributed by atoms with Crippen LogP contribution < -0.4 is 0 Å². The van der Waals surface area contributed by atoms with Crippen LogP contribution in [0.5, 0.6) is 0 Å². The molecular formula is C11H16Cl5N3. The van der Waals surface area contributed by atoms with Crippen LogP contribution in [0.25, 0.3) is 0 Å². The summed E-state index contributed by atoms with van der Waals surface area (Å²) in [6.07, 6.45) is 3.49. The molecule has 0 bridgehead atoms. The molecule has 0 saturated carbocycles. The van der Waals surface area contributed by atoms with Crippen molar-refractivity contribution in [2.45, 2.75) is 54.2 Å². The molecule has 0 aliphatic carbocycles. The first-order valence-corrected chi connectivity index (χ1v) is 8.02. The monoisotopic (exact) mass is 365 g/mol. The van der Waals surface area contributed by atoms with Crippen molar-refractivity contribution >= 4 is 58.0 Å². The number of nitrogens with zero attached hydrogens (tertiary/aromatic N) is 3. The highest BCUT2D eigenvalue weighted by Crippen LogP contribution is 2.53. The Hall–Kier alpha value is 0.590. The Morgan fingerprint density at radius 2 is 1.68 bits per heavy atom. The smallest absolute Gasteiger partial charge is 0.228 e. The number of aryl methyl sites for hydroxylation is 2. The van der Waals surface area contributed by atoms with E-state index in [1.165, 1.54) is 0 Å². The van der Waals surface area contributed by atoms with Crippen molar-refractivity contribution in [1.29, 1.82) is 0 Å². The van der Waals surface area contributed by atoms with Crippen LogP contribution in [-0.2, 0) is 17.3 Å². The number of halogens is 5. The lowest BCUT2D eigenvalue weighted by Gasteiger charge is -2.28. The van der Waals surface area contributed by atoms with E-state index in [-0.39, 0.29) is 0 Å². The molecule has 0 saturated heterocycles. The zero-order valence-electron chi connectivity index (χ0n) is 10.8. The maximum atomic E-state index is 6.27. The Morgan fingerprint density at radius 1 is 1.05 bits per heavy atom. The van der Waals surface area contributed by atoms with Gasteiger partial charge in [0.1, 0.15) is 5.69 Å². The standard InChI is InChI=1S/C11H16Cl5N3/c1-3-5-7-19-9(8(6-4-2)17-18-19)10(12,13)11(14,15)16/h3-7H2,1-2H3. The van der Waals surface area contributed by atoms with Gasteiger partial charge >= 0.3 is 0 Å². The van der Waals surface area contributed by atoms with Gasteiger partial charge in [0.05, 0.1) is 5.69 Å². The van der Waals surface area contributed by atoms with E-state index >= 15 is 0 Å². The molecule has 0 aliphatic rings. The van der Waals surface area contributed by atoms with E-state index in [9.17, 15) is 0 Å². The molecule has 19 heavy (non-hydrogen) atoms. The van der Waals surface area contributed by atoms with Gasteiger partial charge in [-0.1, -0.05) is 89.9 Å². The Bertz CT molecular complexity index is 411. The van der Waals surface area contributed by atoms with Gasteiger partial charge in [-0.3, -0.25) is 0 Å². The molecule has 3 nitrogen and oxygen atoms in total. The molecule has 1 heterocycles. The van der Waals surface area contributed by atoms with E-state index < -0.39 is 8.13 Å². The van der Waals surface area contributed by atoms with Crippen LogP contribution in [0.4, 0.5) is 0 Å². The first-order valence-electron chi connectivity index (χ1n) is 6.13. The van der Waals surface area contributed by atoms with Crippen LogP contribution in [0.15, 0.2) is 0 Å². The minimum absolute atomic E-state index is 0.478. The number of hydrogen-bond acceptors (Lipinski definition) is 2. The summed E-state index contributed by atoms with van der Waals surface area (Å²) in [5, 5.41) is 8.18. The molecule has 0 aliphatic heterocycles. The minimum atomic E-state index is -1.86. The van der Waals surface area contributed by atoms with Crippen LogP contribution in [0.3, 0.4) is 0 Å². The van der Waals surface area contributed by atoms with Gasteiger partial charge < -0.3 is 0 Å². The highest BCUT2D eigenvalue weighted by atomic mass is 35.6. The van der Waals surface area contributed by atoms with E-state index in [0.29, 0.717) is 24.4 Å². The second-order valence-corrected chi connectivity index (χ2v) is 7.89. The van der Waals surface area contributed by atoms with E-state index in [4.69, 9.17) is 58.0 Å². The van der Waals surface area contributed by atoms with Crippen molar-refractivity contribution < 1.29 is 0 Å². The summed E-state index contributed by atoms with van der Waals surface area (Å²) in [5.74, 6) is 0. The van der Waals surface area contributed by atoms with E-state index in [1.807, 2.05) is 6.92 Å². The molecule has 0 amide bonds. The van der Waals surface area contributed by atoms with Crippen LogP contribution in [0.1, 0.15) is 44.5 Å². The number of hydrogen-bond donors (Lipinski definition) is 0. The SMILES string of the molecule is CCCCn1nnc(CCC)c1C(Cl)(Cl)C(Cl)(Cl)Cl. The third-order valence-corrected chi connectivity index (χ3v) is 5.02. The quantitative estimate of drug-likeness (QED) is 0.660. The van der Waals surface area contributed by atoms with Crippen molar-refractivity contribution in [2.24, 2.45) is 0 Å². The zero-order chi connectivity index (χ0) is 14.7. The summed E-state index contributed by atoms with van der Waals surface area (Å²) in [7, 11) is 0. The summed E-state index contributed by atoms with van der Waals surface area (Å²) in [4.78, 5) is 0. The summed E-state index contributed by atoms with van der Waals surface area (Å²) in [5.41, 5.74) is 1.15. The van der Waals surface area contributed by atoms with E-state index in [0.717, 1.165) is 19.3 Å². The fourth-order valence-corrected chi connectivity index (χ4v) is 2.38. The molecule has 0 atom stereocenters. The van der Waals surface area contributed by atoms with Crippen molar-refractivity contribution in [3.05, 3.63) is 11.4 Å². The summed E-state index contributed by atoms with van der Waals surface area (Å²) in [6, 6.07) is 0. The number of rotatable bonds is 6. The Kier molecular flexibility index (Phi) is 6.53. The highest BCUT2D eigenvalue weighted by molar-refractivity contribution is 6.75. The first kappa shape index (κ1) is 17.6. The predicted octanol–water partition coefficient (Wildman–Crippen LogP) is 5.03. The van der Waals surface area contributed by atoms with Gasteiger partial charge in [0, 0.05) is 6.54 Å². The third-order valence-electron chi connectivity index (χ3n) is 2.67. The van der Waals surface area contributed by atoms with Gasteiger partial charge in [0.25, 0.3) is 0 Å². The number of unbranched alkanes of at least 4 members (excludes halogenated alkanes) is 1. The van der Waals surface area contributed by atoms with Gasteiger partial charge in [-0.05, 0) is 12.8 Å². The average Bonchev–Trinajstić information content (AvgIpc) is 2.69. The lowest BCUT2D eigenvalue weighted by molar-refractivity contribution is 0.522. The van der Waals surface area contributed by atoms with E-state index in [1.54, 1.807) is 4.68 Å². The van der Waals surface area contributed by atoms with Gasteiger partial charge in [-0.2, -0.15) is 0 Å². The molecule has 1 aromatic rings. The molecule has 0 unspecified atom stereocenters. The maximum Gasteiger partial charge on any atom is 0.228 e. The summed E-state index contributed by atoms with van der Waals surface area (Å²) in [6.45, 7) is 4.74. The van der Waals surface area contributed by atoms with Crippen LogP contribution in [0, 0.1) is 0 Å². The second kappa shape index (κ2) is 7.04. The van der Waals surface area contributed by atoms with Gasteiger partial charge in [0.2, 0.25) is 8.13 Å². The third kappa shape index (κ3) is 4.04. The second-order valence-electron chi connectivity index (χ2n) is 4.28. The fraction of sp³-hybridized carbons (Fsp3) is 0.818. The molecule has 0 fully saturated rings. The van der Waals surface area contributed by atoms with Gasteiger partial charge in [-0.15, -0.1) is 5.10 Å². The van der Waals surface area contributed by atoms with Crippen LogP contribution in [-0.4, -0.2) is 18.8 Å². The summed E-state index contributed by atoms with van der Waals surface area (Å²) >= 11 is 30.2. The predicted molar refractivity (Wildman–Crippen MR) is 82.6 cm³/mol. The molecule has 0 N–H and O–H groups in total. The Balaban J connectivity index is 3.23. The van der Waals surface area contributed by atoms with Crippen molar-refractivity contribution in [2.75, 3.05) is 0 Å². The zero-order valence-corrected chi connectivity index (χ0v) is 14.5. The van der Waals surface area contributed by atoms with E-state index in [2.05, 4.69) is 17.2 Å². The van der Waals surface area contributed by atoms with Crippen molar-refractivity contribution in [3.8, 4) is 0 Å². The molecule has 110 valence electrons.